The second-order valence-corrected chi connectivity index (χ2v) is 14.4. The predicted octanol–water partition coefficient (Wildman–Crippen LogP) is 7.05. The molecule has 1 unspecified atom stereocenters. The van der Waals surface area contributed by atoms with E-state index < -0.39 is 41.7 Å². The summed E-state index contributed by atoms with van der Waals surface area (Å²) in [6.07, 6.45) is -0.647. The zero-order valence-electron chi connectivity index (χ0n) is 28.7. The lowest BCUT2D eigenvalue weighted by Crippen LogP contribution is -2.54. The van der Waals surface area contributed by atoms with Gasteiger partial charge in [-0.05, 0) is 73.4 Å². The number of piperidine rings is 1. The topological polar surface area (TPSA) is 112 Å². The minimum atomic E-state index is -4.47. The van der Waals surface area contributed by atoms with Gasteiger partial charge >= 0.3 is 12.3 Å². The maximum atomic E-state index is 14.3. The van der Waals surface area contributed by atoms with Gasteiger partial charge in [0.2, 0.25) is 5.91 Å². The quantitative estimate of drug-likeness (QED) is 0.191. The highest BCUT2D eigenvalue weighted by atomic mass is 19.4. The molecule has 2 aliphatic rings. The number of nitrogens with two attached hydrogens (primary N) is 1. The Morgan fingerprint density at radius 3 is 2.38 bits per heavy atom. The number of carbonyl (C=O) groups excluding carboxylic acids is 2. The average molecular weight is 692 g/mol. The van der Waals surface area contributed by atoms with Crippen LogP contribution in [0.5, 0.6) is 5.75 Å². The summed E-state index contributed by atoms with van der Waals surface area (Å²) in [4.78, 5) is 32.5. The molecular formula is C38H44F3N5O4. The Balaban J connectivity index is 1.31. The number of ether oxygens (including phenoxy) is 2. The maximum absolute atomic E-state index is 14.3. The van der Waals surface area contributed by atoms with Gasteiger partial charge < -0.3 is 20.1 Å². The summed E-state index contributed by atoms with van der Waals surface area (Å²) < 4.78 is 55.5. The summed E-state index contributed by atoms with van der Waals surface area (Å²) in [5, 5.41) is 4.79. The third-order valence-corrected chi connectivity index (χ3v) is 10.7. The number of halogens is 3. The van der Waals surface area contributed by atoms with E-state index in [2.05, 4.69) is 6.92 Å². The van der Waals surface area contributed by atoms with Crippen molar-refractivity contribution in [2.75, 3.05) is 13.7 Å². The monoisotopic (exact) mass is 691 g/mol. The highest BCUT2D eigenvalue weighted by molar-refractivity contribution is 5.83. The number of hydrogen-bond donors (Lipinski definition) is 1. The molecule has 1 aliphatic carbocycles. The first-order chi connectivity index (χ1) is 23.8. The lowest BCUT2D eigenvalue weighted by molar-refractivity contribution is -0.202. The van der Waals surface area contributed by atoms with Gasteiger partial charge in [-0.3, -0.25) is 4.79 Å². The zero-order chi connectivity index (χ0) is 35.7. The van der Waals surface area contributed by atoms with E-state index in [0.29, 0.717) is 35.0 Å². The largest absolute Gasteiger partial charge is 0.497 e. The summed E-state index contributed by atoms with van der Waals surface area (Å²) in [7, 11) is 1.54. The van der Waals surface area contributed by atoms with Crippen LogP contribution in [0.15, 0.2) is 72.9 Å². The third-order valence-electron chi connectivity index (χ3n) is 10.7. The number of alkyl halides is 3. The molecule has 1 saturated heterocycles. The van der Waals surface area contributed by atoms with E-state index in [1.54, 1.807) is 47.8 Å². The Morgan fingerprint density at radius 1 is 1.04 bits per heavy atom. The van der Waals surface area contributed by atoms with E-state index in [1.165, 1.54) is 12.0 Å². The van der Waals surface area contributed by atoms with Gasteiger partial charge in [-0.2, -0.15) is 18.3 Å². The van der Waals surface area contributed by atoms with Crippen LogP contribution >= 0.6 is 0 Å². The highest BCUT2D eigenvalue weighted by Crippen LogP contribution is 2.47. The van der Waals surface area contributed by atoms with Crippen molar-refractivity contribution in [1.29, 1.82) is 0 Å². The lowest BCUT2D eigenvalue weighted by atomic mass is 9.64. The van der Waals surface area contributed by atoms with E-state index in [9.17, 15) is 22.8 Å². The van der Waals surface area contributed by atoms with Crippen molar-refractivity contribution in [3.8, 4) is 5.75 Å². The van der Waals surface area contributed by atoms with Gasteiger partial charge in [0.15, 0.2) is 5.65 Å². The first kappa shape index (κ1) is 35.2. The van der Waals surface area contributed by atoms with Crippen LogP contribution in [-0.4, -0.2) is 57.4 Å². The van der Waals surface area contributed by atoms with E-state index in [4.69, 9.17) is 25.3 Å². The fraction of sp³-hybridized carbons (Fsp3) is 0.474. The fourth-order valence-electron chi connectivity index (χ4n) is 7.88. The van der Waals surface area contributed by atoms with Crippen molar-refractivity contribution >= 4 is 17.6 Å². The fourth-order valence-corrected chi connectivity index (χ4v) is 7.88. The second kappa shape index (κ2) is 14.0. The molecule has 266 valence electrons. The van der Waals surface area contributed by atoms with Gasteiger partial charge in [-0.25, -0.2) is 14.3 Å². The second-order valence-electron chi connectivity index (χ2n) is 14.4. The highest BCUT2D eigenvalue weighted by Gasteiger charge is 2.53. The molecule has 1 saturated carbocycles. The van der Waals surface area contributed by atoms with Crippen molar-refractivity contribution in [2.45, 2.75) is 83.0 Å². The molecule has 12 heteroatoms. The molecule has 2 aromatic carbocycles. The molecule has 50 heavy (non-hydrogen) atoms. The Labute approximate surface area is 290 Å². The number of fused-ring (bicyclic) bond motifs is 1. The predicted molar refractivity (Wildman–Crippen MR) is 181 cm³/mol. The van der Waals surface area contributed by atoms with Crippen molar-refractivity contribution in [1.82, 2.24) is 19.5 Å². The Bertz CT molecular complexity index is 1800. The molecular weight excluding hydrogens is 647 g/mol. The van der Waals surface area contributed by atoms with Crippen LogP contribution in [0.25, 0.3) is 5.65 Å². The van der Waals surface area contributed by atoms with Crippen LogP contribution in [0.4, 0.5) is 18.0 Å². The van der Waals surface area contributed by atoms with E-state index in [0.717, 1.165) is 36.9 Å². The van der Waals surface area contributed by atoms with Crippen LogP contribution in [0.2, 0.25) is 0 Å². The van der Waals surface area contributed by atoms with Gasteiger partial charge in [-0.15, -0.1) is 0 Å². The maximum Gasteiger partial charge on any atom is 0.404 e. The molecule has 4 aromatic rings. The molecule has 3 atom stereocenters. The first-order valence-corrected chi connectivity index (χ1v) is 17.1. The lowest BCUT2D eigenvalue weighted by Gasteiger charge is -2.44. The van der Waals surface area contributed by atoms with Crippen LogP contribution in [0.3, 0.4) is 0 Å². The number of likely N-dealkylation sites (tertiary alicyclic amines) is 1. The van der Waals surface area contributed by atoms with Crippen LogP contribution < -0.4 is 10.5 Å². The van der Waals surface area contributed by atoms with Crippen LogP contribution in [0, 0.1) is 17.3 Å². The van der Waals surface area contributed by atoms with E-state index in [1.807, 2.05) is 36.5 Å². The van der Waals surface area contributed by atoms with E-state index in [-0.39, 0.29) is 25.3 Å². The number of carbonyl (C=O) groups is 2. The number of rotatable bonds is 10. The van der Waals surface area contributed by atoms with Crippen molar-refractivity contribution in [3.63, 3.8) is 0 Å². The van der Waals surface area contributed by atoms with Crippen molar-refractivity contribution in [3.05, 3.63) is 95.4 Å². The van der Waals surface area contributed by atoms with Gasteiger partial charge in [0.05, 0.1) is 41.4 Å². The summed E-state index contributed by atoms with van der Waals surface area (Å²) in [6.45, 7) is 3.46. The Hall–Kier alpha value is -4.61. The number of imidazole rings is 1. The van der Waals surface area contributed by atoms with Gasteiger partial charge in [0.25, 0.3) is 0 Å². The van der Waals surface area contributed by atoms with Crippen LogP contribution in [0.1, 0.15) is 68.5 Å². The SMILES string of the molecule is COc1ccc(CN2C[C@H](C(F)(F)F)C[C@](C)(Cc3ccc4nc(C5(C(Cc6ccccc6)OC(N)=O)CCC(C)CC5)cn4n3)C2=O)cc1. The molecule has 2 aromatic heterocycles. The molecule has 6 rings (SSSR count). The third kappa shape index (κ3) is 7.44. The molecule has 0 radical (unpaired) electrons. The molecule has 0 spiro atoms. The van der Waals surface area contributed by atoms with Gasteiger partial charge in [0.1, 0.15) is 11.9 Å². The van der Waals surface area contributed by atoms with Crippen molar-refractivity contribution in [2.24, 2.45) is 23.0 Å². The molecule has 2 N–H and O–H groups in total. The minimum Gasteiger partial charge on any atom is -0.497 e. The average Bonchev–Trinajstić information content (AvgIpc) is 3.51. The number of aromatic nitrogens is 3. The smallest absolute Gasteiger partial charge is 0.404 e. The first-order valence-electron chi connectivity index (χ1n) is 17.1. The summed E-state index contributed by atoms with van der Waals surface area (Å²) in [5.74, 6) is -0.900. The number of benzene rings is 2. The molecule has 1 aliphatic heterocycles. The Morgan fingerprint density at radius 2 is 1.74 bits per heavy atom. The number of primary amides is 1. The van der Waals surface area contributed by atoms with E-state index >= 15 is 0 Å². The molecule has 2 amide bonds. The van der Waals surface area contributed by atoms with Gasteiger partial charge in [-0.1, -0.05) is 56.3 Å². The minimum absolute atomic E-state index is 0.0189. The molecule has 9 nitrogen and oxygen atoms in total. The number of methoxy groups -OCH3 is 1. The molecule has 2 fully saturated rings. The normalized spacial score (nSPS) is 25.0. The van der Waals surface area contributed by atoms with Crippen molar-refractivity contribution < 1.29 is 32.2 Å². The number of hydrogen-bond acceptors (Lipinski definition) is 6. The number of nitrogens with zero attached hydrogens (tertiary/aromatic N) is 4. The molecule has 0 bridgehead atoms. The Kier molecular flexibility index (Phi) is 9.83. The van der Waals surface area contributed by atoms with Gasteiger partial charge in [0, 0.05) is 25.9 Å². The summed E-state index contributed by atoms with van der Waals surface area (Å²) >= 11 is 0. The number of amides is 2. The molecule has 3 heterocycles. The zero-order valence-corrected chi connectivity index (χ0v) is 28.7. The summed E-state index contributed by atoms with van der Waals surface area (Å²) in [6, 6.07) is 20.3. The van der Waals surface area contributed by atoms with Crippen LogP contribution in [-0.2, 0) is 34.3 Å². The summed E-state index contributed by atoms with van der Waals surface area (Å²) in [5.41, 5.74) is 7.12. The standard InChI is InChI=1S/C38H44F3N5O4/c1-25-15-17-37(18-16-25,32(50-35(42)48)19-26-7-5-4-6-8-26)31-24-46-33(43-31)14-11-29(44-46)21-36(2)20-28(38(39,40)41)23-45(34(36)47)22-27-9-12-30(49-3)13-10-27/h4-14,24-25,28,32H,15-23H2,1-3H3,(H2,42,48)/t25?,28-,32?,36-,37?/m1/s1.